The summed E-state index contributed by atoms with van der Waals surface area (Å²) in [5.41, 5.74) is 3.47. The largest absolute Gasteiger partial charge is 0.379 e. The maximum Gasteiger partial charge on any atom is 0.115 e. The fourth-order valence-electron chi connectivity index (χ4n) is 1.47. The number of nitrogens with zero attached hydrogens (tertiary/aromatic N) is 2. The number of aryl methyl sites for hydroxylation is 1. The van der Waals surface area contributed by atoms with E-state index in [2.05, 4.69) is 46.5 Å². The average molecular weight is 213 g/mol. The molecule has 0 atom stereocenters. The second-order valence-corrected chi connectivity index (χ2v) is 3.60. The van der Waals surface area contributed by atoms with E-state index in [0.29, 0.717) is 0 Å². The Morgan fingerprint density at radius 1 is 1.12 bits per heavy atom. The van der Waals surface area contributed by atoms with Crippen LogP contribution >= 0.6 is 0 Å². The van der Waals surface area contributed by atoms with Crippen molar-refractivity contribution in [1.82, 2.24) is 9.97 Å². The van der Waals surface area contributed by atoms with Gasteiger partial charge in [-0.05, 0) is 30.2 Å². The van der Waals surface area contributed by atoms with Crippen LogP contribution in [0.2, 0.25) is 0 Å². The summed E-state index contributed by atoms with van der Waals surface area (Å²) in [5, 5.41) is 3.32. The van der Waals surface area contributed by atoms with Crippen molar-refractivity contribution < 1.29 is 0 Å². The summed E-state index contributed by atoms with van der Waals surface area (Å²) in [7, 11) is 0. The molecule has 1 aromatic carbocycles. The lowest BCUT2D eigenvalue weighted by Gasteiger charge is -2.06. The Kier molecular flexibility index (Phi) is 3.49. The number of hydrogen-bond donors (Lipinski definition) is 1. The smallest absolute Gasteiger partial charge is 0.115 e. The van der Waals surface area contributed by atoms with Crippen molar-refractivity contribution >= 4 is 5.69 Å². The average Bonchev–Trinajstić information content (AvgIpc) is 2.38. The molecule has 0 aliphatic carbocycles. The molecule has 16 heavy (non-hydrogen) atoms. The second kappa shape index (κ2) is 5.26. The van der Waals surface area contributed by atoms with E-state index in [1.165, 1.54) is 5.56 Å². The molecule has 2 rings (SSSR count). The molecule has 3 heteroatoms. The van der Waals surface area contributed by atoms with Gasteiger partial charge in [0, 0.05) is 11.9 Å². The van der Waals surface area contributed by atoms with Gasteiger partial charge in [-0.1, -0.05) is 19.1 Å². The Labute approximate surface area is 95.6 Å². The van der Waals surface area contributed by atoms with Gasteiger partial charge in [0.2, 0.25) is 0 Å². The molecule has 2 aromatic rings. The molecule has 0 aliphatic heterocycles. The van der Waals surface area contributed by atoms with Crippen molar-refractivity contribution in [2.24, 2.45) is 0 Å². The number of aromatic nitrogens is 2. The fraction of sp³-hybridized carbons (Fsp3) is 0.231. The number of nitrogens with one attached hydrogen (secondary N) is 1. The topological polar surface area (TPSA) is 37.8 Å². The molecule has 0 unspecified atom stereocenters. The third-order valence-electron chi connectivity index (χ3n) is 2.48. The predicted octanol–water partition coefficient (Wildman–Crippen LogP) is 2.65. The van der Waals surface area contributed by atoms with Crippen molar-refractivity contribution in [3.05, 3.63) is 54.1 Å². The number of benzene rings is 1. The Morgan fingerprint density at radius 2 is 1.94 bits per heavy atom. The monoisotopic (exact) mass is 213 g/mol. The Bertz CT molecular complexity index is 423. The summed E-state index contributed by atoms with van der Waals surface area (Å²) >= 11 is 0. The van der Waals surface area contributed by atoms with Gasteiger partial charge in [0.15, 0.2) is 0 Å². The van der Waals surface area contributed by atoms with Gasteiger partial charge < -0.3 is 5.32 Å². The van der Waals surface area contributed by atoms with Crippen LogP contribution in [0, 0.1) is 0 Å². The van der Waals surface area contributed by atoms with Crippen LogP contribution in [-0.2, 0) is 13.0 Å². The summed E-state index contributed by atoms with van der Waals surface area (Å²) in [6.45, 7) is 2.89. The first kappa shape index (κ1) is 10.6. The first-order valence-electron chi connectivity index (χ1n) is 5.46. The van der Waals surface area contributed by atoms with E-state index in [1.807, 2.05) is 6.07 Å². The van der Waals surface area contributed by atoms with Crippen LogP contribution in [0.1, 0.15) is 18.2 Å². The SMILES string of the molecule is CCc1ccc(NCc2ccncn2)cc1. The summed E-state index contributed by atoms with van der Waals surface area (Å²) in [4.78, 5) is 8.04. The molecule has 1 aromatic heterocycles. The standard InChI is InChI=1S/C13H15N3/c1-2-11-3-5-12(6-4-11)15-9-13-7-8-14-10-16-13/h3-8,10,15H,2,9H2,1H3. The van der Waals surface area contributed by atoms with Gasteiger partial charge >= 0.3 is 0 Å². The van der Waals surface area contributed by atoms with Crippen molar-refractivity contribution in [3.8, 4) is 0 Å². The maximum absolute atomic E-state index is 4.15. The fourth-order valence-corrected chi connectivity index (χ4v) is 1.47. The first-order chi connectivity index (χ1) is 7.88. The molecular formula is C13H15N3. The van der Waals surface area contributed by atoms with Gasteiger partial charge in [-0.2, -0.15) is 0 Å². The van der Waals surface area contributed by atoms with Gasteiger partial charge in [-0.25, -0.2) is 9.97 Å². The van der Waals surface area contributed by atoms with Crippen LogP contribution in [0.25, 0.3) is 0 Å². The van der Waals surface area contributed by atoms with Gasteiger partial charge in [0.1, 0.15) is 6.33 Å². The van der Waals surface area contributed by atoms with E-state index in [9.17, 15) is 0 Å². The lowest BCUT2D eigenvalue weighted by atomic mass is 10.1. The molecule has 0 amide bonds. The highest BCUT2D eigenvalue weighted by molar-refractivity contribution is 5.44. The summed E-state index contributed by atoms with van der Waals surface area (Å²) in [6, 6.07) is 10.4. The van der Waals surface area contributed by atoms with E-state index >= 15 is 0 Å². The second-order valence-electron chi connectivity index (χ2n) is 3.60. The molecule has 0 fully saturated rings. The van der Waals surface area contributed by atoms with Crippen LogP contribution in [0.4, 0.5) is 5.69 Å². The lowest BCUT2D eigenvalue weighted by Crippen LogP contribution is -2.01. The Morgan fingerprint density at radius 3 is 2.56 bits per heavy atom. The minimum atomic E-state index is 0.730. The minimum Gasteiger partial charge on any atom is -0.379 e. The summed E-state index contributed by atoms with van der Waals surface area (Å²) in [6.07, 6.45) is 4.40. The molecule has 3 nitrogen and oxygen atoms in total. The highest BCUT2D eigenvalue weighted by Crippen LogP contribution is 2.10. The van der Waals surface area contributed by atoms with Gasteiger partial charge in [0.25, 0.3) is 0 Å². The van der Waals surface area contributed by atoms with Crippen LogP contribution < -0.4 is 5.32 Å². The van der Waals surface area contributed by atoms with Crippen molar-refractivity contribution in [2.75, 3.05) is 5.32 Å². The highest BCUT2D eigenvalue weighted by Gasteiger charge is 1.94. The van der Waals surface area contributed by atoms with Crippen molar-refractivity contribution in [1.29, 1.82) is 0 Å². The van der Waals surface area contributed by atoms with Gasteiger partial charge in [-0.3, -0.25) is 0 Å². The van der Waals surface area contributed by atoms with E-state index in [4.69, 9.17) is 0 Å². The molecule has 82 valence electrons. The van der Waals surface area contributed by atoms with E-state index in [1.54, 1.807) is 12.5 Å². The van der Waals surface area contributed by atoms with E-state index < -0.39 is 0 Å². The van der Waals surface area contributed by atoms with Crippen LogP contribution in [0.15, 0.2) is 42.9 Å². The molecule has 0 aliphatic rings. The Hall–Kier alpha value is -1.90. The maximum atomic E-state index is 4.15. The number of anilines is 1. The third kappa shape index (κ3) is 2.79. The molecule has 0 bridgehead atoms. The van der Waals surface area contributed by atoms with Crippen molar-refractivity contribution in [3.63, 3.8) is 0 Å². The molecule has 0 saturated heterocycles. The zero-order valence-electron chi connectivity index (χ0n) is 9.35. The van der Waals surface area contributed by atoms with Crippen LogP contribution in [0.5, 0.6) is 0 Å². The zero-order valence-corrected chi connectivity index (χ0v) is 9.35. The predicted molar refractivity (Wildman–Crippen MR) is 65.2 cm³/mol. The van der Waals surface area contributed by atoms with Gasteiger partial charge in [0.05, 0.1) is 12.2 Å². The summed E-state index contributed by atoms with van der Waals surface area (Å²) < 4.78 is 0. The molecule has 0 spiro atoms. The summed E-state index contributed by atoms with van der Waals surface area (Å²) in [5.74, 6) is 0. The Balaban J connectivity index is 1.94. The normalized spacial score (nSPS) is 10.1. The molecule has 0 radical (unpaired) electrons. The number of hydrogen-bond acceptors (Lipinski definition) is 3. The molecule has 1 heterocycles. The molecule has 1 N–H and O–H groups in total. The highest BCUT2D eigenvalue weighted by atomic mass is 14.9. The molecular weight excluding hydrogens is 198 g/mol. The minimum absolute atomic E-state index is 0.730. The third-order valence-corrected chi connectivity index (χ3v) is 2.48. The van der Waals surface area contributed by atoms with Crippen molar-refractivity contribution in [2.45, 2.75) is 19.9 Å². The first-order valence-corrected chi connectivity index (χ1v) is 5.46. The number of rotatable bonds is 4. The van der Waals surface area contributed by atoms with Gasteiger partial charge in [-0.15, -0.1) is 0 Å². The van der Waals surface area contributed by atoms with E-state index in [0.717, 1.165) is 24.3 Å². The quantitative estimate of drug-likeness (QED) is 0.848. The molecule has 0 saturated carbocycles. The van der Waals surface area contributed by atoms with Crippen LogP contribution in [0.3, 0.4) is 0 Å². The zero-order chi connectivity index (χ0) is 11.2. The van der Waals surface area contributed by atoms with Crippen LogP contribution in [-0.4, -0.2) is 9.97 Å². The lowest BCUT2D eigenvalue weighted by molar-refractivity contribution is 1.01. The van der Waals surface area contributed by atoms with E-state index in [-0.39, 0.29) is 0 Å².